The normalized spacial score (nSPS) is 15.0. The highest BCUT2D eigenvalue weighted by Crippen LogP contribution is 2.45. The van der Waals surface area contributed by atoms with Crippen LogP contribution in [0, 0.1) is 5.41 Å². The number of carboxylic acids is 1. The Bertz CT molecular complexity index is 567. The number of hydrogen-bond acceptors (Lipinski definition) is 3. The lowest BCUT2D eigenvalue weighted by Crippen LogP contribution is -2.44. The van der Waals surface area contributed by atoms with E-state index < -0.39 is 17.3 Å². The van der Waals surface area contributed by atoms with Crippen molar-refractivity contribution in [1.82, 2.24) is 10.2 Å². The number of nitrogens with zero attached hydrogens (tertiary/aromatic N) is 1. The Morgan fingerprint density at radius 3 is 2.36 bits per heavy atom. The van der Waals surface area contributed by atoms with Gasteiger partial charge in [0.15, 0.2) is 0 Å². The SMILES string of the molecule is CCN(Cc1ccccc1)C(=O)CNC(=O)C1(C(=O)O)CC1. The number of rotatable bonds is 7. The van der Waals surface area contributed by atoms with Crippen molar-refractivity contribution in [2.24, 2.45) is 5.41 Å². The molecular weight excluding hydrogens is 284 g/mol. The highest BCUT2D eigenvalue weighted by atomic mass is 16.4. The number of carbonyl (C=O) groups excluding carboxylic acids is 2. The molecule has 6 nitrogen and oxygen atoms in total. The van der Waals surface area contributed by atoms with E-state index in [1.165, 1.54) is 0 Å². The third-order valence-electron chi connectivity index (χ3n) is 3.94. The van der Waals surface area contributed by atoms with E-state index in [9.17, 15) is 14.4 Å². The standard InChI is InChI=1S/C16H20N2O4/c1-2-18(11-12-6-4-3-5-7-12)13(19)10-17-14(20)16(8-9-16)15(21)22/h3-7H,2,8-11H2,1H3,(H,17,20)(H,21,22). The van der Waals surface area contributed by atoms with E-state index in [0.717, 1.165) is 5.56 Å². The Morgan fingerprint density at radius 1 is 1.23 bits per heavy atom. The Labute approximate surface area is 129 Å². The van der Waals surface area contributed by atoms with Gasteiger partial charge in [0.25, 0.3) is 0 Å². The summed E-state index contributed by atoms with van der Waals surface area (Å²) in [6.45, 7) is 2.68. The topological polar surface area (TPSA) is 86.7 Å². The number of carboxylic acid groups (broad SMARTS) is 1. The van der Waals surface area contributed by atoms with Crippen LogP contribution in [0.2, 0.25) is 0 Å². The molecule has 1 aromatic rings. The molecular formula is C16H20N2O4. The van der Waals surface area contributed by atoms with Crippen LogP contribution in [0.5, 0.6) is 0 Å². The van der Waals surface area contributed by atoms with Crippen LogP contribution in [0.4, 0.5) is 0 Å². The maximum Gasteiger partial charge on any atom is 0.319 e. The van der Waals surface area contributed by atoms with Gasteiger partial charge in [0.05, 0.1) is 6.54 Å². The van der Waals surface area contributed by atoms with Gasteiger partial charge in [-0.1, -0.05) is 30.3 Å². The predicted octanol–water partition coefficient (Wildman–Crippen LogP) is 1.02. The summed E-state index contributed by atoms with van der Waals surface area (Å²) in [5, 5.41) is 11.5. The molecule has 1 aromatic carbocycles. The molecule has 0 aliphatic heterocycles. The molecule has 2 amide bonds. The summed E-state index contributed by atoms with van der Waals surface area (Å²) in [6, 6.07) is 9.57. The van der Waals surface area contributed by atoms with Crippen molar-refractivity contribution < 1.29 is 19.5 Å². The van der Waals surface area contributed by atoms with E-state index in [1.807, 2.05) is 37.3 Å². The van der Waals surface area contributed by atoms with E-state index in [1.54, 1.807) is 4.90 Å². The molecule has 22 heavy (non-hydrogen) atoms. The zero-order valence-electron chi connectivity index (χ0n) is 12.5. The van der Waals surface area contributed by atoms with E-state index in [-0.39, 0.29) is 12.5 Å². The van der Waals surface area contributed by atoms with Gasteiger partial charge in [-0.15, -0.1) is 0 Å². The molecule has 0 heterocycles. The number of hydrogen-bond donors (Lipinski definition) is 2. The maximum absolute atomic E-state index is 12.2. The summed E-state index contributed by atoms with van der Waals surface area (Å²) < 4.78 is 0. The summed E-state index contributed by atoms with van der Waals surface area (Å²) in [6.07, 6.45) is 0.674. The van der Waals surface area contributed by atoms with Gasteiger partial charge >= 0.3 is 5.97 Å². The molecule has 0 radical (unpaired) electrons. The van der Waals surface area contributed by atoms with Crippen molar-refractivity contribution in [3.8, 4) is 0 Å². The van der Waals surface area contributed by atoms with Gasteiger partial charge < -0.3 is 15.3 Å². The number of benzene rings is 1. The highest BCUT2D eigenvalue weighted by molar-refractivity contribution is 6.05. The molecule has 118 valence electrons. The fourth-order valence-electron chi connectivity index (χ4n) is 2.28. The molecule has 1 aliphatic rings. The first-order valence-corrected chi connectivity index (χ1v) is 7.33. The first-order chi connectivity index (χ1) is 10.5. The zero-order valence-corrected chi connectivity index (χ0v) is 12.5. The molecule has 1 aliphatic carbocycles. The second kappa shape index (κ2) is 6.60. The average molecular weight is 304 g/mol. The van der Waals surface area contributed by atoms with Crippen LogP contribution < -0.4 is 5.32 Å². The van der Waals surface area contributed by atoms with Crippen molar-refractivity contribution in [3.05, 3.63) is 35.9 Å². The van der Waals surface area contributed by atoms with Crippen LogP contribution in [0.15, 0.2) is 30.3 Å². The largest absolute Gasteiger partial charge is 0.480 e. The van der Waals surface area contributed by atoms with E-state index >= 15 is 0 Å². The number of likely N-dealkylation sites (N-methyl/N-ethyl adjacent to an activating group) is 1. The summed E-state index contributed by atoms with van der Waals surface area (Å²) in [5.41, 5.74) is -0.301. The third kappa shape index (κ3) is 3.44. The first-order valence-electron chi connectivity index (χ1n) is 7.33. The fraction of sp³-hybridized carbons (Fsp3) is 0.438. The van der Waals surface area contributed by atoms with Crippen molar-refractivity contribution in [1.29, 1.82) is 0 Å². The van der Waals surface area contributed by atoms with Crippen LogP contribution in [-0.2, 0) is 20.9 Å². The maximum atomic E-state index is 12.2. The van der Waals surface area contributed by atoms with Gasteiger partial charge in [-0.3, -0.25) is 14.4 Å². The fourth-order valence-corrected chi connectivity index (χ4v) is 2.28. The quantitative estimate of drug-likeness (QED) is 0.736. The van der Waals surface area contributed by atoms with Gasteiger partial charge in [-0.2, -0.15) is 0 Å². The van der Waals surface area contributed by atoms with Crippen LogP contribution >= 0.6 is 0 Å². The Kier molecular flexibility index (Phi) is 4.80. The minimum atomic E-state index is -1.31. The average Bonchev–Trinajstić information content (AvgIpc) is 3.32. The Hall–Kier alpha value is -2.37. The minimum Gasteiger partial charge on any atom is -0.480 e. The Balaban J connectivity index is 1.87. The van der Waals surface area contributed by atoms with E-state index in [0.29, 0.717) is 25.9 Å². The summed E-state index contributed by atoms with van der Waals surface area (Å²) in [5.74, 6) is -1.90. The molecule has 0 atom stereocenters. The zero-order chi connectivity index (χ0) is 16.2. The number of aliphatic carboxylic acids is 1. The van der Waals surface area contributed by atoms with Crippen LogP contribution in [0.25, 0.3) is 0 Å². The predicted molar refractivity (Wildman–Crippen MR) is 79.8 cm³/mol. The third-order valence-corrected chi connectivity index (χ3v) is 3.94. The summed E-state index contributed by atoms with van der Waals surface area (Å²) in [4.78, 5) is 36.7. The molecule has 1 fully saturated rings. The molecule has 0 bridgehead atoms. The number of carbonyl (C=O) groups is 3. The van der Waals surface area contributed by atoms with Crippen LogP contribution in [0.1, 0.15) is 25.3 Å². The lowest BCUT2D eigenvalue weighted by atomic mass is 10.1. The second-order valence-corrected chi connectivity index (χ2v) is 5.46. The molecule has 6 heteroatoms. The van der Waals surface area contributed by atoms with Gasteiger partial charge in [-0.05, 0) is 25.3 Å². The molecule has 0 spiro atoms. The smallest absolute Gasteiger partial charge is 0.319 e. The molecule has 2 rings (SSSR count). The van der Waals surface area contributed by atoms with Crippen molar-refractivity contribution in [2.45, 2.75) is 26.3 Å². The minimum absolute atomic E-state index is 0.172. The molecule has 0 saturated heterocycles. The van der Waals surface area contributed by atoms with Gasteiger partial charge in [0, 0.05) is 13.1 Å². The first kappa shape index (κ1) is 16.0. The van der Waals surface area contributed by atoms with Gasteiger partial charge in [0.1, 0.15) is 5.41 Å². The lowest BCUT2D eigenvalue weighted by molar-refractivity contribution is -0.149. The van der Waals surface area contributed by atoms with Gasteiger partial charge in [-0.25, -0.2) is 0 Å². The van der Waals surface area contributed by atoms with Crippen LogP contribution in [0.3, 0.4) is 0 Å². The molecule has 1 saturated carbocycles. The highest BCUT2D eigenvalue weighted by Gasteiger charge is 2.57. The van der Waals surface area contributed by atoms with E-state index in [4.69, 9.17) is 5.11 Å². The van der Waals surface area contributed by atoms with Crippen molar-refractivity contribution in [2.75, 3.05) is 13.1 Å². The van der Waals surface area contributed by atoms with Crippen molar-refractivity contribution >= 4 is 17.8 Å². The van der Waals surface area contributed by atoms with Gasteiger partial charge in [0.2, 0.25) is 11.8 Å². The Morgan fingerprint density at radius 2 is 1.86 bits per heavy atom. The lowest BCUT2D eigenvalue weighted by Gasteiger charge is -2.21. The molecule has 2 N–H and O–H groups in total. The number of nitrogens with one attached hydrogen (secondary N) is 1. The number of amides is 2. The van der Waals surface area contributed by atoms with Crippen LogP contribution in [-0.4, -0.2) is 40.9 Å². The summed E-state index contributed by atoms with van der Waals surface area (Å²) in [7, 11) is 0. The second-order valence-electron chi connectivity index (χ2n) is 5.46. The monoisotopic (exact) mass is 304 g/mol. The van der Waals surface area contributed by atoms with E-state index in [2.05, 4.69) is 5.32 Å². The summed E-state index contributed by atoms with van der Waals surface area (Å²) >= 11 is 0. The molecule has 0 aromatic heterocycles. The van der Waals surface area contributed by atoms with Crippen molar-refractivity contribution in [3.63, 3.8) is 0 Å². The molecule has 0 unspecified atom stereocenters.